The van der Waals surface area contributed by atoms with E-state index >= 15 is 0 Å². The van der Waals surface area contributed by atoms with Crippen molar-refractivity contribution in [2.45, 2.75) is 45.9 Å². The van der Waals surface area contributed by atoms with E-state index < -0.39 is 42.0 Å². The van der Waals surface area contributed by atoms with Gasteiger partial charge in [-0.05, 0) is 62.7 Å². The van der Waals surface area contributed by atoms with Crippen LogP contribution in [-0.2, 0) is 16.1 Å². The molecule has 39 heavy (non-hydrogen) atoms. The Morgan fingerprint density at radius 3 is 2.51 bits per heavy atom. The average Bonchev–Trinajstić information content (AvgIpc) is 2.89. The Bertz CT molecular complexity index is 1370. The number of nitrogens with zero attached hydrogens (tertiary/aromatic N) is 4. The van der Waals surface area contributed by atoms with Crippen LogP contribution in [-0.4, -0.2) is 55.0 Å². The molecule has 1 saturated heterocycles. The lowest BCUT2D eigenvalue weighted by atomic mass is 10.0. The average molecular weight is 556 g/mol. The number of hydrogen-bond donors (Lipinski definition) is 2. The molecule has 2 aromatic heterocycles. The van der Waals surface area contributed by atoms with Crippen LogP contribution in [0.15, 0.2) is 54.7 Å². The van der Waals surface area contributed by atoms with Gasteiger partial charge in [0, 0.05) is 11.6 Å². The van der Waals surface area contributed by atoms with Crippen LogP contribution in [0.1, 0.15) is 31.5 Å². The zero-order chi connectivity index (χ0) is 28.3. The minimum absolute atomic E-state index is 0.101. The number of imide groups is 1. The van der Waals surface area contributed by atoms with Crippen LogP contribution in [0, 0.1) is 18.8 Å². The molecule has 0 aliphatic carbocycles. The molecule has 3 heterocycles. The Balaban J connectivity index is 1.58. The first-order valence-electron chi connectivity index (χ1n) is 12.2. The molecule has 0 radical (unpaired) electrons. The molecule has 1 aliphatic rings. The van der Waals surface area contributed by atoms with Gasteiger partial charge in [-0.1, -0.05) is 23.7 Å². The fourth-order valence-electron chi connectivity index (χ4n) is 4.13. The number of hydrogen-bond acceptors (Lipinski definition) is 7. The van der Waals surface area contributed by atoms with Crippen molar-refractivity contribution >= 4 is 35.3 Å². The van der Waals surface area contributed by atoms with Crippen LogP contribution in [0.5, 0.6) is 11.5 Å². The second-order valence-corrected chi connectivity index (χ2v) is 9.67. The molecule has 1 aliphatic heterocycles. The molecule has 1 fully saturated rings. The number of carbonyl (C=O) groups excluding carboxylic acids is 2. The second kappa shape index (κ2) is 11.6. The molecule has 0 bridgehead atoms. The van der Waals surface area contributed by atoms with Gasteiger partial charge in [-0.25, -0.2) is 14.8 Å². The predicted molar refractivity (Wildman–Crippen MR) is 141 cm³/mol. The van der Waals surface area contributed by atoms with E-state index in [9.17, 15) is 23.9 Å². The number of aromatic nitrogens is 2. The number of anilines is 1. The van der Waals surface area contributed by atoms with Crippen molar-refractivity contribution in [3.63, 3.8) is 0 Å². The van der Waals surface area contributed by atoms with Gasteiger partial charge >= 0.3 is 12.0 Å². The number of aliphatic carboxylic acids is 1. The number of ether oxygens (including phenoxy) is 1. The zero-order valence-electron chi connectivity index (χ0n) is 21.5. The summed E-state index contributed by atoms with van der Waals surface area (Å²) in [6.07, 6.45) is 0.396. The fourth-order valence-corrected chi connectivity index (χ4v) is 4.26. The van der Waals surface area contributed by atoms with Crippen molar-refractivity contribution in [2.24, 2.45) is 5.92 Å². The number of nitrogens with one attached hydrogen (secondary N) is 1. The third-order valence-corrected chi connectivity index (χ3v) is 6.78. The SMILES string of the molecule is Cc1nc(NC2CC(=O)N([C@@H](C)[C@@H](C)C(=O)O)C(=O)N2Cc2ccc(Cl)cc2)ccc1Oc1ccc(F)nc1. The number of urea groups is 1. The van der Waals surface area contributed by atoms with E-state index in [1.807, 2.05) is 0 Å². The molecule has 3 atom stereocenters. The number of pyridine rings is 2. The minimum atomic E-state index is -1.11. The summed E-state index contributed by atoms with van der Waals surface area (Å²) >= 11 is 6.01. The third-order valence-electron chi connectivity index (χ3n) is 6.53. The molecule has 1 aromatic carbocycles. The van der Waals surface area contributed by atoms with Gasteiger partial charge < -0.3 is 15.2 Å². The van der Waals surface area contributed by atoms with Crippen molar-refractivity contribution < 1.29 is 28.6 Å². The molecule has 2 N–H and O–H groups in total. The summed E-state index contributed by atoms with van der Waals surface area (Å²) in [4.78, 5) is 48.9. The maximum atomic E-state index is 13.6. The summed E-state index contributed by atoms with van der Waals surface area (Å²) in [5, 5.41) is 13.2. The molecule has 10 nitrogen and oxygen atoms in total. The highest BCUT2D eigenvalue weighted by Gasteiger charge is 2.43. The lowest BCUT2D eigenvalue weighted by Crippen LogP contribution is -2.62. The summed E-state index contributed by atoms with van der Waals surface area (Å²) in [6.45, 7) is 4.86. The van der Waals surface area contributed by atoms with Crippen molar-refractivity contribution in [3.8, 4) is 11.5 Å². The van der Waals surface area contributed by atoms with Gasteiger partial charge in [0.25, 0.3) is 0 Å². The first-order valence-corrected chi connectivity index (χ1v) is 12.5. The smallest absolute Gasteiger partial charge is 0.328 e. The van der Waals surface area contributed by atoms with Gasteiger partial charge in [-0.2, -0.15) is 4.39 Å². The molecule has 4 rings (SSSR count). The third kappa shape index (κ3) is 6.43. The fraction of sp³-hybridized carbons (Fsp3) is 0.296. The van der Waals surface area contributed by atoms with Crippen LogP contribution >= 0.6 is 11.6 Å². The molecular weight excluding hydrogens is 529 g/mol. The zero-order valence-corrected chi connectivity index (χ0v) is 22.2. The maximum absolute atomic E-state index is 13.6. The summed E-state index contributed by atoms with van der Waals surface area (Å²) < 4.78 is 18.8. The second-order valence-electron chi connectivity index (χ2n) is 9.23. The summed E-state index contributed by atoms with van der Waals surface area (Å²) in [6, 6.07) is 11.4. The van der Waals surface area contributed by atoms with Crippen molar-refractivity contribution in [3.05, 3.63) is 77.0 Å². The normalized spacial score (nSPS) is 17.1. The molecule has 0 spiro atoms. The highest BCUT2D eigenvalue weighted by atomic mass is 35.5. The first-order chi connectivity index (χ1) is 18.5. The number of halogens is 2. The van der Waals surface area contributed by atoms with E-state index in [1.165, 1.54) is 30.2 Å². The highest BCUT2D eigenvalue weighted by molar-refractivity contribution is 6.30. The largest absolute Gasteiger partial charge is 0.481 e. The highest BCUT2D eigenvalue weighted by Crippen LogP contribution is 2.28. The van der Waals surface area contributed by atoms with Crippen LogP contribution in [0.2, 0.25) is 5.02 Å². The van der Waals surface area contributed by atoms with Crippen molar-refractivity contribution in [2.75, 3.05) is 5.32 Å². The minimum Gasteiger partial charge on any atom is -0.481 e. The molecular formula is C27H27ClFN5O5. The van der Waals surface area contributed by atoms with Gasteiger partial charge in [0.1, 0.15) is 23.5 Å². The van der Waals surface area contributed by atoms with E-state index in [4.69, 9.17) is 16.3 Å². The van der Waals surface area contributed by atoms with Crippen molar-refractivity contribution in [1.29, 1.82) is 0 Å². The number of aryl methyl sites for hydroxylation is 1. The monoisotopic (exact) mass is 555 g/mol. The Labute approximate surface area is 229 Å². The van der Waals surface area contributed by atoms with Gasteiger partial charge in [0.15, 0.2) is 0 Å². The van der Waals surface area contributed by atoms with Gasteiger partial charge in [-0.15, -0.1) is 0 Å². The first kappa shape index (κ1) is 27.8. The van der Waals surface area contributed by atoms with Crippen molar-refractivity contribution in [1.82, 2.24) is 19.8 Å². The Hall–Kier alpha value is -4.25. The summed E-state index contributed by atoms with van der Waals surface area (Å²) in [5.74, 6) is -2.02. The lowest BCUT2D eigenvalue weighted by molar-refractivity contribution is -0.145. The molecule has 1 unspecified atom stereocenters. The van der Waals surface area contributed by atoms with Gasteiger partial charge in [0.05, 0.1) is 30.3 Å². The van der Waals surface area contributed by atoms with Crippen LogP contribution in [0.3, 0.4) is 0 Å². The van der Waals surface area contributed by atoms with Crippen LogP contribution in [0.4, 0.5) is 15.0 Å². The molecule has 3 amide bonds. The number of benzene rings is 1. The standard InChI is InChI=1S/C27H27ClFN5O5/c1-15(26(36)37)17(3)34-25(35)12-24(33(27(34)38)14-18-4-6-19(28)7-5-18)32-23-11-9-21(16(2)31-23)39-20-8-10-22(29)30-13-20/h4-11,13,15,17,24H,12,14H2,1-3H3,(H,31,32)(H,36,37)/t15-,17+,24?/m1/s1. The maximum Gasteiger partial charge on any atom is 0.328 e. The number of rotatable bonds is 9. The van der Waals surface area contributed by atoms with Gasteiger partial charge in [-0.3, -0.25) is 19.4 Å². The number of amides is 3. The Morgan fingerprint density at radius 1 is 1.18 bits per heavy atom. The molecule has 204 valence electrons. The molecule has 0 saturated carbocycles. The topological polar surface area (TPSA) is 125 Å². The summed E-state index contributed by atoms with van der Waals surface area (Å²) in [7, 11) is 0. The Kier molecular flexibility index (Phi) is 8.29. The Morgan fingerprint density at radius 2 is 1.90 bits per heavy atom. The number of carboxylic acids is 1. The van der Waals surface area contributed by atoms with E-state index in [2.05, 4.69) is 15.3 Å². The van der Waals surface area contributed by atoms with Gasteiger partial charge in [0.2, 0.25) is 11.9 Å². The van der Waals surface area contributed by atoms with E-state index in [-0.39, 0.29) is 13.0 Å². The summed E-state index contributed by atoms with van der Waals surface area (Å²) in [5.41, 5.74) is 1.28. The molecule has 12 heteroatoms. The van der Waals surface area contributed by atoms with Crippen LogP contribution in [0.25, 0.3) is 0 Å². The predicted octanol–water partition coefficient (Wildman–Crippen LogP) is 5.07. The number of carbonyl (C=O) groups is 3. The van der Waals surface area contributed by atoms with E-state index in [0.29, 0.717) is 28.0 Å². The number of carboxylic acid groups (broad SMARTS) is 1. The van der Waals surface area contributed by atoms with E-state index in [1.54, 1.807) is 50.2 Å². The molecule has 3 aromatic rings. The van der Waals surface area contributed by atoms with Crippen LogP contribution < -0.4 is 10.1 Å². The van der Waals surface area contributed by atoms with E-state index in [0.717, 1.165) is 10.5 Å². The quantitative estimate of drug-likeness (QED) is 0.351. The lowest BCUT2D eigenvalue weighted by Gasteiger charge is -2.43.